The molecule has 2 atom stereocenters. The van der Waals surface area contributed by atoms with Gasteiger partial charge in [0.15, 0.2) is 5.43 Å². The average molecular weight is 401 g/mol. The Morgan fingerprint density at radius 1 is 1.21 bits per heavy atom. The molecule has 1 aromatic heterocycles. The molecule has 4 nitrogen and oxygen atoms in total. The minimum Gasteiger partial charge on any atom is -0.468 e. The molecule has 0 amide bonds. The molecule has 0 spiro atoms. The summed E-state index contributed by atoms with van der Waals surface area (Å²) in [5.74, 6) is 0.987. The Labute approximate surface area is 175 Å². The topological polar surface area (TPSA) is 59.7 Å². The fraction of sp³-hybridized carbons (Fsp3) is 0.480. The summed E-state index contributed by atoms with van der Waals surface area (Å²) in [5.41, 5.74) is 4.40. The van der Waals surface area contributed by atoms with Gasteiger partial charge >= 0.3 is 0 Å². The zero-order valence-electron chi connectivity index (χ0n) is 19.1. The summed E-state index contributed by atoms with van der Waals surface area (Å²) < 4.78 is 10.9. The van der Waals surface area contributed by atoms with Crippen LogP contribution in [0, 0.1) is 19.8 Å². The van der Waals surface area contributed by atoms with E-state index in [1.807, 2.05) is 33.8 Å². The second-order valence-electron chi connectivity index (χ2n) is 7.70. The number of hydrogen-bond acceptors (Lipinski definition) is 4. The van der Waals surface area contributed by atoms with E-state index in [-0.39, 0.29) is 17.3 Å². The summed E-state index contributed by atoms with van der Waals surface area (Å²) in [6.45, 7) is 13.5. The first-order chi connectivity index (χ1) is 13.6. The average Bonchev–Trinajstić information content (AvgIpc) is 2.70. The predicted octanol–water partition coefficient (Wildman–Crippen LogP) is 5.61. The second kappa shape index (κ2) is 11.6. The number of rotatable bonds is 9. The van der Waals surface area contributed by atoms with Gasteiger partial charge in [0, 0.05) is 17.9 Å². The molecule has 4 heteroatoms. The molecule has 0 radical (unpaired) electrons. The lowest BCUT2D eigenvalue weighted by Crippen LogP contribution is -2.17. The minimum absolute atomic E-state index is 0.0285. The Balaban J connectivity index is 2.77. The third-order valence-corrected chi connectivity index (χ3v) is 5.21. The van der Waals surface area contributed by atoms with Gasteiger partial charge in [-0.2, -0.15) is 0 Å². The fourth-order valence-corrected chi connectivity index (χ4v) is 3.08. The summed E-state index contributed by atoms with van der Waals surface area (Å²) in [6, 6.07) is 0. The van der Waals surface area contributed by atoms with Crippen molar-refractivity contribution in [1.29, 1.82) is 0 Å². The Kier molecular flexibility index (Phi) is 9.90. The number of allylic oxidation sites excluding steroid dienone is 6. The van der Waals surface area contributed by atoms with Crippen molar-refractivity contribution < 1.29 is 14.3 Å². The molecule has 0 saturated carbocycles. The lowest BCUT2D eigenvalue weighted by atomic mass is 9.96. The van der Waals surface area contributed by atoms with Crippen molar-refractivity contribution in [2.24, 2.45) is 5.92 Å². The van der Waals surface area contributed by atoms with E-state index in [4.69, 9.17) is 9.15 Å². The third kappa shape index (κ3) is 7.21. The molecular weight excluding hydrogens is 364 g/mol. The lowest BCUT2D eigenvalue weighted by Gasteiger charge is -2.16. The Morgan fingerprint density at radius 2 is 1.86 bits per heavy atom. The van der Waals surface area contributed by atoms with Gasteiger partial charge in [0.1, 0.15) is 5.76 Å². The summed E-state index contributed by atoms with van der Waals surface area (Å²) >= 11 is 0. The number of aliphatic hydroxyl groups is 1. The third-order valence-electron chi connectivity index (χ3n) is 5.21. The summed E-state index contributed by atoms with van der Waals surface area (Å²) in [5, 5.41) is 10.2. The zero-order chi connectivity index (χ0) is 22.1. The van der Waals surface area contributed by atoms with Crippen LogP contribution in [0.15, 0.2) is 56.3 Å². The van der Waals surface area contributed by atoms with Crippen molar-refractivity contribution in [1.82, 2.24) is 0 Å². The molecule has 29 heavy (non-hydrogen) atoms. The summed E-state index contributed by atoms with van der Waals surface area (Å²) in [7, 11) is 1.51. The van der Waals surface area contributed by atoms with E-state index in [1.54, 1.807) is 13.8 Å². The van der Waals surface area contributed by atoms with E-state index in [0.717, 1.165) is 17.6 Å². The van der Waals surface area contributed by atoms with Crippen molar-refractivity contribution in [3.05, 3.63) is 74.2 Å². The Hall–Kier alpha value is -2.33. The molecule has 0 saturated heterocycles. The normalized spacial score (nSPS) is 15.7. The maximum atomic E-state index is 12.3. The second-order valence-corrected chi connectivity index (χ2v) is 7.70. The number of hydrogen-bond donors (Lipinski definition) is 1. The molecule has 1 rings (SSSR count). The molecule has 0 fully saturated rings. The molecule has 0 aliphatic heterocycles. The quantitative estimate of drug-likeness (QED) is 0.432. The Morgan fingerprint density at radius 3 is 2.45 bits per heavy atom. The van der Waals surface area contributed by atoms with E-state index >= 15 is 0 Å². The van der Waals surface area contributed by atoms with Gasteiger partial charge in [0.25, 0.3) is 5.95 Å². The molecule has 0 aliphatic carbocycles. The van der Waals surface area contributed by atoms with Crippen LogP contribution in [0.1, 0.15) is 57.9 Å². The SMILES string of the molecule is C/C=C(\C)[C@H](O)[C@H](C)/C=C(C)/C=C/C/C(C)=C/Cc1oc(OC)c(C)c(=O)c1C. The van der Waals surface area contributed by atoms with E-state index in [1.165, 1.54) is 12.7 Å². The van der Waals surface area contributed by atoms with Crippen LogP contribution in [-0.2, 0) is 6.42 Å². The van der Waals surface area contributed by atoms with Crippen LogP contribution < -0.4 is 10.2 Å². The first-order valence-corrected chi connectivity index (χ1v) is 10.1. The number of aliphatic hydroxyl groups excluding tert-OH is 1. The maximum absolute atomic E-state index is 12.3. The van der Waals surface area contributed by atoms with Crippen LogP contribution in [0.5, 0.6) is 5.95 Å². The van der Waals surface area contributed by atoms with E-state index < -0.39 is 6.10 Å². The molecule has 1 heterocycles. The molecule has 160 valence electrons. The van der Waals surface area contributed by atoms with Crippen LogP contribution in [-0.4, -0.2) is 18.3 Å². The van der Waals surface area contributed by atoms with Gasteiger partial charge in [-0.25, -0.2) is 0 Å². The van der Waals surface area contributed by atoms with Crippen LogP contribution in [0.3, 0.4) is 0 Å². The van der Waals surface area contributed by atoms with Crippen LogP contribution in [0.2, 0.25) is 0 Å². The summed E-state index contributed by atoms with van der Waals surface area (Å²) in [6.07, 6.45) is 11.2. The van der Waals surface area contributed by atoms with Crippen molar-refractivity contribution in [3.63, 3.8) is 0 Å². The lowest BCUT2D eigenvalue weighted by molar-refractivity contribution is 0.173. The molecular formula is C25H36O4. The van der Waals surface area contributed by atoms with Gasteiger partial charge in [-0.05, 0) is 53.5 Å². The number of ether oxygens (including phenoxy) is 1. The standard InChI is InChI=1S/C25H36O4/c1-9-18(4)23(26)19(5)15-17(3)12-10-11-16(2)13-14-22-20(6)24(27)21(7)25(28-8)29-22/h9-10,12-13,15,19,23,26H,11,14H2,1-8H3/b12-10+,16-13+,17-15+,18-9+/t19-,23+/m1/s1. The van der Waals surface area contributed by atoms with Crippen LogP contribution >= 0.6 is 0 Å². The highest BCUT2D eigenvalue weighted by Gasteiger charge is 2.14. The molecule has 1 N–H and O–H groups in total. The molecule has 1 aromatic rings. The smallest absolute Gasteiger partial charge is 0.291 e. The van der Waals surface area contributed by atoms with Crippen molar-refractivity contribution in [2.45, 2.75) is 67.4 Å². The number of methoxy groups -OCH3 is 1. The monoisotopic (exact) mass is 400 g/mol. The predicted molar refractivity (Wildman–Crippen MR) is 121 cm³/mol. The first-order valence-electron chi connectivity index (χ1n) is 10.1. The maximum Gasteiger partial charge on any atom is 0.291 e. The van der Waals surface area contributed by atoms with Crippen molar-refractivity contribution >= 4 is 0 Å². The Bertz CT molecular complexity index is 866. The van der Waals surface area contributed by atoms with Crippen molar-refractivity contribution in [3.8, 4) is 5.95 Å². The van der Waals surface area contributed by atoms with Gasteiger partial charge in [0.2, 0.25) is 0 Å². The van der Waals surface area contributed by atoms with Gasteiger partial charge in [-0.3, -0.25) is 4.79 Å². The highest BCUT2D eigenvalue weighted by Crippen LogP contribution is 2.20. The highest BCUT2D eigenvalue weighted by molar-refractivity contribution is 5.30. The first kappa shape index (κ1) is 24.7. The van der Waals surface area contributed by atoms with Gasteiger partial charge in [0.05, 0.1) is 18.8 Å². The van der Waals surface area contributed by atoms with Gasteiger partial charge in [-0.1, -0.05) is 48.5 Å². The van der Waals surface area contributed by atoms with Gasteiger partial charge in [-0.15, -0.1) is 0 Å². The van der Waals surface area contributed by atoms with E-state index in [9.17, 15) is 9.90 Å². The van der Waals surface area contributed by atoms with Crippen molar-refractivity contribution in [2.75, 3.05) is 7.11 Å². The molecule has 0 aromatic carbocycles. The summed E-state index contributed by atoms with van der Waals surface area (Å²) in [4.78, 5) is 12.3. The molecule has 0 aliphatic rings. The fourth-order valence-electron chi connectivity index (χ4n) is 3.08. The van der Waals surface area contributed by atoms with Gasteiger partial charge < -0.3 is 14.3 Å². The molecule has 0 unspecified atom stereocenters. The van der Waals surface area contributed by atoms with Crippen LogP contribution in [0.4, 0.5) is 0 Å². The zero-order valence-corrected chi connectivity index (χ0v) is 19.1. The van der Waals surface area contributed by atoms with E-state index in [0.29, 0.717) is 23.3 Å². The van der Waals surface area contributed by atoms with Crippen LogP contribution in [0.25, 0.3) is 0 Å². The largest absolute Gasteiger partial charge is 0.468 e. The molecule has 0 bridgehead atoms. The van der Waals surface area contributed by atoms with E-state index in [2.05, 4.69) is 31.2 Å². The highest BCUT2D eigenvalue weighted by atomic mass is 16.6. The minimum atomic E-state index is -0.450.